The first-order valence-corrected chi connectivity index (χ1v) is 11.1. The van der Waals surface area contributed by atoms with Gasteiger partial charge < -0.3 is 15.8 Å². The molecular formula is C25H17N3O5S. The third kappa shape index (κ3) is 4.27. The van der Waals surface area contributed by atoms with Crippen molar-refractivity contribution in [2.24, 2.45) is 0 Å². The molecule has 1 aliphatic carbocycles. The molecule has 0 aliphatic heterocycles. The number of nitrogens with one attached hydrogen (secondary N) is 1. The number of hydrogen-bond donors (Lipinski definition) is 2. The average Bonchev–Trinajstić information content (AvgIpc) is 2.85. The van der Waals surface area contributed by atoms with Crippen LogP contribution < -0.4 is 11.1 Å². The van der Waals surface area contributed by atoms with Gasteiger partial charge in [-0.05, 0) is 24.3 Å². The van der Waals surface area contributed by atoms with Crippen molar-refractivity contribution in [1.82, 2.24) is 0 Å². The summed E-state index contributed by atoms with van der Waals surface area (Å²) >= 11 is 1.26. The monoisotopic (exact) mass is 471 g/mol. The Bertz CT molecular complexity index is 1390. The van der Waals surface area contributed by atoms with Gasteiger partial charge in [0.15, 0.2) is 18.2 Å². The van der Waals surface area contributed by atoms with Gasteiger partial charge >= 0.3 is 5.97 Å². The van der Waals surface area contributed by atoms with Gasteiger partial charge in [-0.2, -0.15) is 5.26 Å². The first kappa shape index (κ1) is 22.8. The van der Waals surface area contributed by atoms with E-state index in [1.165, 1.54) is 30.0 Å². The number of thioether (sulfide) groups is 1. The van der Waals surface area contributed by atoms with Crippen molar-refractivity contribution < 1.29 is 23.9 Å². The van der Waals surface area contributed by atoms with Crippen molar-refractivity contribution in [2.45, 2.75) is 4.90 Å². The number of carbonyl (C=O) groups is 4. The molecule has 34 heavy (non-hydrogen) atoms. The number of para-hydroxylation sites is 1. The smallest absolute Gasteiger partial charge is 0.340 e. The van der Waals surface area contributed by atoms with Crippen molar-refractivity contribution in [3.05, 3.63) is 88.5 Å². The first-order chi connectivity index (χ1) is 16.4. The number of nitriles is 1. The maximum atomic E-state index is 13.0. The fraction of sp³-hybridized carbons (Fsp3) is 0.0800. The molecule has 3 aromatic carbocycles. The summed E-state index contributed by atoms with van der Waals surface area (Å²) in [7, 11) is 0. The minimum atomic E-state index is -0.901. The number of benzene rings is 3. The molecular weight excluding hydrogens is 454 g/mol. The second kappa shape index (κ2) is 9.60. The van der Waals surface area contributed by atoms with Crippen LogP contribution in [0.5, 0.6) is 0 Å². The number of esters is 1. The van der Waals surface area contributed by atoms with Gasteiger partial charge in [0.2, 0.25) is 0 Å². The van der Waals surface area contributed by atoms with E-state index in [0.717, 1.165) is 0 Å². The Morgan fingerprint density at radius 3 is 2.35 bits per heavy atom. The van der Waals surface area contributed by atoms with Gasteiger partial charge in [0.1, 0.15) is 0 Å². The van der Waals surface area contributed by atoms with E-state index in [1.807, 2.05) is 6.07 Å². The highest BCUT2D eigenvalue weighted by Crippen LogP contribution is 2.33. The van der Waals surface area contributed by atoms with Crippen LogP contribution in [0.4, 0.5) is 11.4 Å². The van der Waals surface area contributed by atoms with Crippen LogP contribution in [-0.2, 0) is 9.53 Å². The molecule has 9 heteroatoms. The Labute approximate surface area is 198 Å². The quantitative estimate of drug-likeness (QED) is 0.248. The second-order valence-corrected chi connectivity index (χ2v) is 8.24. The standard InChI is InChI=1S/C25H17N3O5S/c26-11-12-34-19-8-4-3-7-18(19)28-20(29)13-33-25(32)17-10-9-16-21(22(17)27)24(31)15-6-2-1-5-14(15)23(16)30/h1-10H,12-13,27H2,(H,28,29). The molecule has 1 aliphatic rings. The second-order valence-electron chi connectivity index (χ2n) is 7.22. The highest BCUT2D eigenvalue weighted by molar-refractivity contribution is 7.99. The van der Waals surface area contributed by atoms with Crippen LogP contribution >= 0.6 is 11.8 Å². The number of fused-ring (bicyclic) bond motifs is 2. The lowest BCUT2D eigenvalue weighted by Crippen LogP contribution is -2.25. The van der Waals surface area contributed by atoms with Crippen molar-refractivity contribution in [3.63, 3.8) is 0 Å². The number of nitrogens with two attached hydrogens (primary N) is 1. The van der Waals surface area contributed by atoms with Gasteiger partial charge in [0, 0.05) is 21.6 Å². The number of nitrogen functional groups attached to an aromatic ring is 1. The van der Waals surface area contributed by atoms with Crippen LogP contribution in [0.25, 0.3) is 0 Å². The van der Waals surface area contributed by atoms with Crippen LogP contribution in [-0.4, -0.2) is 35.8 Å². The summed E-state index contributed by atoms with van der Waals surface area (Å²) in [5.41, 5.74) is 6.86. The molecule has 0 bridgehead atoms. The molecule has 0 fully saturated rings. The van der Waals surface area contributed by atoms with E-state index in [9.17, 15) is 19.2 Å². The van der Waals surface area contributed by atoms with E-state index >= 15 is 0 Å². The molecule has 4 rings (SSSR count). The topological polar surface area (TPSA) is 139 Å². The molecule has 1 amide bonds. The Morgan fingerprint density at radius 2 is 1.62 bits per heavy atom. The minimum absolute atomic E-state index is 0.0500. The van der Waals surface area contributed by atoms with Crippen LogP contribution in [0, 0.1) is 11.3 Å². The van der Waals surface area contributed by atoms with Crippen LogP contribution in [0.2, 0.25) is 0 Å². The molecule has 0 atom stereocenters. The lowest BCUT2D eigenvalue weighted by Gasteiger charge is -2.20. The van der Waals surface area contributed by atoms with E-state index in [0.29, 0.717) is 10.6 Å². The zero-order valence-electron chi connectivity index (χ0n) is 17.7. The van der Waals surface area contributed by atoms with Gasteiger partial charge in [-0.15, -0.1) is 11.8 Å². The zero-order chi connectivity index (χ0) is 24.2. The third-order valence-corrected chi connectivity index (χ3v) is 6.08. The number of hydrogen-bond acceptors (Lipinski definition) is 8. The number of nitrogens with zero attached hydrogens (tertiary/aromatic N) is 1. The van der Waals surface area contributed by atoms with E-state index in [-0.39, 0.29) is 45.0 Å². The number of rotatable bonds is 6. The predicted molar refractivity (Wildman–Crippen MR) is 126 cm³/mol. The Kier molecular flexibility index (Phi) is 6.43. The summed E-state index contributed by atoms with van der Waals surface area (Å²) in [5, 5.41) is 11.4. The van der Waals surface area contributed by atoms with E-state index in [2.05, 4.69) is 5.32 Å². The van der Waals surface area contributed by atoms with Crippen molar-refractivity contribution in [3.8, 4) is 6.07 Å². The van der Waals surface area contributed by atoms with Gasteiger partial charge in [-0.3, -0.25) is 14.4 Å². The Morgan fingerprint density at radius 1 is 0.941 bits per heavy atom. The summed E-state index contributed by atoms with van der Waals surface area (Å²) in [6, 6.07) is 18.0. The number of anilines is 2. The molecule has 0 heterocycles. The molecule has 8 nitrogen and oxygen atoms in total. The molecule has 3 N–H and O–H groups in total. The zero-order valence-corrected chi connectivity index (χ0v) is 18.5. The molecule has 0 saturated carbocycles. The first-order valence-electron chi connectivity index (χ1n) is 10.1. The summed E-state index contributed by atoms with van der Waals surface area (Å²) in [6.07, 6.45) is 0. The maximum absolute atomic E-state index is 13.0. The number of ketones is 2. The van der Waals surface area contributed by atoms with E-state index < -0.39 is 24.3 Å². The van der Waals surface area contributed by atoms with Gasteiger partial charge in [0.25, 0.3) is 5.91 Å². The Balaban J connectivity index is 1.49. The van der Waals surface area contributed by atoms with Crippen molar-refractivity contribution in [2.75, 3.05) is 23.4 Å². The largest absolute Gasteiger partial charge is 0.452 e. The van der Waals surface area contributed by atoms with Crippen molar-refractivity contribution in [1.29, 1.82) is 5.26 Å². The Hall–Kier alpha value is -4.42. The van der Waals surface area contributed by atoms with Gasteiger partial charge in [0.05, 0.1) is 34.3 Å². The number of ether oxygens (including phenoxy) is 1. The lowest BCUT2D eigenvalue weighted by atomic mass is 9.82. The average molecular weight is 471 g/mol. The summed E-state index contributed by atoms with van der Waals surface area (Å²) in [5.74, 6) is -2.09. The van der Waals surface area contributed by atoms with Gasteiger partial charge in [-0.1, -0.05) is 36.4 Å². The number of amides is 1. The van der Waals surface area contributed by atoms with Crippen LogP contribution in [0.1, 0.15) is 42.2 Å². The fourth-order valence-corrected chi connectivity index (χ4v) is 4.26. The molecule has 0 radical (unpaired) electrons. The minimum Gasteiger partial charge on any atom is -0.452 e. The highest BCUT2D eigenvalue weighted by atomic mass is 32.2. The number of carbonyl (C=O) groups excluding carboxylic acids is 4. The normalized spacial score (nSPS) is 11.7. The molecule has 0 aromatic heterocycles. The predicted octanol–water partition coefficient (Wildman–Crippen LogP) is 3.46. The summed E-state index contributed by atoms with van der Waals surface area (Å²) < 4.78 is 5.10. The SMILES string of the molecule is N#CCSc1ccccc1NC(=O)COC(=O)c1ccc2c(c1N)C(=O)c1ccccc1C2=O. The molecule has 3 aromatic rings. The molecule has 0 saturated heterocycles. The summed E-state index contributed by atoms with van der Waals surface area (Å²) in [4.78, 5) is 51.4. The van der Waals surface area contributed by atoms with Gasteiger partial charge in [-0.25, -0.2) is 4.79 Å². The van der Waals surface area contributed by atoms with E-state index in [4.69, 9.17) is 15.7 Å². The summed E-state index contributed by atoms with van der Waals surface area (Å²) in [6.45, 7) is -0.595. The third-order valence-electron chi connectivity index (χ3n) is 5.14. The molecule has 168 valence electrons. The molecule has 0 unspecified atom stereocenters. The maximum Gasteiger partial charge on any atom is 0.340 e. The van der Waals surface area contributed by atoms with E-state index in [1.54, 1.807) is 42.5 Å². The highest BCUT2D eigenvalue weighted by Gasteiger charge is 2.33. The fourth-order valence-electron chi connectivity index (χ4n) is 3.59. The van der Waals surface area contributed by atoms with Crippen LogP contribution in [0.15, 0.2) is 65.6 Å². The van der Waals surface area contributed by atoms with Crippen LogP contribution in [0.3, 0.4) is 0 Å². The molecule has 0 spiro atoms. The van der Waals surface area contributed by atoms with Crippen molar-refractivity contribution >= 4 is 46.6 Å². The lowest BCUT2D eigenvalue weighted by molar-refractivity contribution is -0.119.